The molecule has 4 nitrogen and oxygen atoms in total. The van der Waals surface area contributed by atoms with Crippen LogP contribution < -0.4 is 10.9 Å². The van der Waals surface area contributed by atoms with Crippen molar-refractivity contribution in [1.29, 1.82) is 0 Å². The van der Waals surface area contributed by atoms with Gasteiger partial charge in [-0.05, 0) is 47.9 Å². The molecule has 1 amide bonds. The molecular weight excluding hydrogens is 383 g/mol. The van der Waals surface area contributed by atoms with E-state index in [9.17, 15) is 9.59 Å². The summed E-state index contributed by atoms with van der Waals surface area (Å²) in [5, 5.41) is 3.72. The van der Waals surface area contributed by atoms with Crippen molar-refractivity contribution in [2.75, 3.05) is 5.32 Å². The summed E-state index contributed by atoms with van der Waals surface area (Å²) in [6.45, 7) is 2.37. The average molecular weight is 401 g/mol. The summed E-state index contributed by atoms with van der Waals surface area (Å²) in [6, 6.07) is 15.8. The van der Waals surface area contributed by atoms with Crippen LogP contribution in [0.15, 0.2) is 65.6 Å². The van der Waals surface area contributed by atoms with Crippen LogP contribution in [-0.4, -0.2) is 10.5 Å². The lowest BCUT2D eigenvalue weighted by Gasteiger charge is -2.10. The number of halogens is 2. The number of aromatic nitrogens is 1. The third-order valence-corrected chi connectivity index (χ3v) is 4.94. The van der Waals surface area contributed by atoms with Gasteiger partial charge in [0.25, 0.3) is 11.5 Å². The molecule has 0 aliphatic rings. The first-order chi connectivity index (χ1) is 13.0. The van der Waals surface area contributed by atoms with Gasteiger partial charge in [0.2, 0.25) is 0 Å². The van der Waals surface area contributed by atoms with E-state index in [1.54, 1.807) is 24.4 Å². The van der Waals surface area contributed by atoms with Crippen LogP contribution in [0.2, 0.25) is 10.0 Å². The molecule has 138 valence electrons. The van der Waals surface area contributed by atoms with E-state index in [2.05, 4.69) is 12.2 Å². The maximum Gasteiger partial charge on any atom is 0.257 e. The Morgan fingerprint density at radius 2 is 1.67 bits per heavy atom. The quantitative estimate of drug-likeness (QED) is 0.653. The van der Waals surface area contributed by atoms with Crippen molar-refractivity contribution in [2.45, 2.75) is 19.9 Å². The Kier molecular flexibility index (Phi) is 5.99. The summed E-state index contributed by atoms with van der Waals surface area (Å²) < 4.78 is 1.47. The minimum absolute atomic E-state index is 0.204. The Labute approximate surface area is 167 Å². The van der Waals surface area contributed by atoms with Gasteiger partial charge < -0.3 is 9.88 Å². The van der Waals surface area contributed by atoms with Crippen LogP contribution in [0.3, 0.4) is 0 Å². The average Bonchev–Trinajstić information content (AvgIpc) is 2.67. The summed E-state index contributed by atoms with van der Waals surface area (Å²) in [6.07, 6.45) is 2.48. The molecule has 0 atom stereocenters. The van der Waals surface area contributed by atoms with Gasteiger partial charge in [-0.15, -0.1) is 0 Å². The molecule has 0 radical (unpaired) electrons. The molecule has 3 rings (SSSR count). The van der Waals surface area contributed by atoms with Crippen molar-refractivity contribution in [3.63, 3.8) is 0 Å². The van der Waals surface area contributed by atoms with Crippen molar-refractivity contribution >= 4 is 34.8 Å². The van der Waals surface area contributed by atoms with Crippen molar-refractivity contribution in [2.24, 2.45) is 0 Å². The molecule has 3 aromatic rings. The van der Waals surface area contributed by atoms with Crippen LogP contribution in [0.4, 0.5) is 5.69 Å². The third-order valence-electron chi connectivity index (χ3n) is 4.20. The molecule has 6 heteroatoms. The zero-order valence-electron chi connectivity index (χ0n) is 14.7. The first-order valence-electron chi connectivity index (χ1n) is 8.51. The summed E-state index contributed by atoms with van der Waals surface area (Å²) in [7, 11) is 0. The van der Waals surface area contributed by atoms with Gasteiger partial charge >= 0.3 is 0 Å². The number of nitrogens with one attached hydrogen (secondary N) is 1. The second kappa shape index (κ2) is 8.42. The topological polar surface area (TPSA) is 51.1 Å². The van der Waals surface area contributed by atoms with Crippen LogP contribution in [0, 0.1) is 0 Å². The van der Waals surface area contributed by atoms with Crippen LogP contribution in [0.5, 0.6) is 0 Å². The number of nitrogens with zero attached hydrogens (tertiary/aromatic N) is 1. The summed E-state index contributed by atoms with van der Waals surface area (Å²) in [4.78, 5) is 24.7. The number of amides is 1. The van der Waals surface area contributed by atoms with Gasteiger partial charge in [0.15, 0.2) is 0 Å². The van der Waals surface area contributed by atoms with Crippen molar-refractivity contribution in [3.8, 4) is 0 Å². The standard InChI is InChI=1S/C21H18Cl2N2O2/c1-2-14-3-7-17(8-4-14)24-21(27)16-6-10-20(26)25(13-16)12-15-5-9-18(22)19(23)11-15/h3-11,13H,2,12H2,1H3,(H,24,27). The Hall–Kier alpha value is -2.56. The predicted molar refractivity (Wildman–Crippen MR) is 110 cm³/mol. The molecule has 0 aliphatic carbocycles. The van der Waals surface area contributed by atoms with E-state index in [1.165, 1.54) is 22.3 Å². The maximum absolute atomic E-state index is 12.5. The van der Waals surface area contributed by atoms with Gasteiger partial charge in [-0.1, -0.05) is 48.3 Å². The van der Waals surface area contributed by atoms with Gasteiger partial charge in [0.1, 0.15) is 0 Å². The summed E-state index contributed by atoms with van der Waals surface area (Å²) in [5.41, 5.74) is 2.92. The Morgan fingerprint density at radius 1 is 0.963 bits per heavy atom. The van der Waals surface area contributed by atoms with Crippen LogP contribution in [-0.2, 0) is 13.0 Å². The molecule has 0 saturated heterocycles. The molecule has 1 aromatic heterocycles. The SMILES string of the molecule is CCc1ccc(NC(=O)c2ccc(=O)n(Cc3ccc(Cl)c(Cl)c3)c2)cc1. The lowest BCUT2D eigenvalue weighted by Crippen LogP contribution is -2.22. The number of anilines is 1. The van der Waals surface area contributed by atoms with Gasteiger partial charge in [-0.3, -0.25) is 9.59 Å². The fourth-order valence-corrected chi connectivity index (χ4v) is 2.97. The molecule has 0 bridgehead atoms. The van der Waals surface area contributed by atoms with E-state index in [0.29, 0.717) is 27.8 Å². The Balaban J connectivity index is 1.80. The van der Waals surface area contributed by atoms with Crippen molar-refractivity contribution in [3.05, 3.63) is 97.9 Å². The summed E-state index contributed by atoms with van der Waals surface area (Å²) >= 11 is 12.0. The maximum atomic E-state index is 12.5. The molecule has 1 N–H and O–H groups in total. The largest absolute Gasteiger partial charge is 0.322 e. The van der Waals surface area contributed by atoms with E-state index in [0.717, 1.165) is 12.0 Å². The minimum Gasteiger partial charge on any atom is -0.322 e. The smallest absolute Gasteiger partial charge is 0.257 e. The van der Waals surface area contributed by atoms with E-state index in [4.69, 9.17) is 23.2 Å². The van der Waals surface area contributed by atoms with Crippen LogP contribution in [0.25, 0.3) is 0 Å². The highest BCUT2D eigenvalue weighted by Gasteiger charge is 2.09. The van der Waals surface area contributed by atoms with Gasteiger partial charge in [0, 0.05) is 18.0 Å². The molecule has 0 spiro atoms. The predicted octanol–water partition coefficient (Wildman–Crippen LogP) is 5.02. The number of hydrogen-bond donors (Lipinski definition) is 1. The fraction of sp³-hybridized carbons (Fsp3) is 0.143. The second-order valence-electron chi connectivity index (χ2n) is 6.14. The molecule has 0 unspecified atom stereocenters. The van der Waals surface area contributed by atoms with Crippen LogP contribution in [0.1, 0.15) is 28.4 Å². The number of pyridine rings is 1. The highest BCUT2D eigenvalue weighted by molar-refractivity contribution is 6.42. The zero-order valence-corrected chi connectivity index (χ0v) is 16.2. The van der Waals surface area contributed by atoms with Crippen molar-refractivity contribution in [1.82, 2.24) is 4.57 Å². The van der Waals surface area contributed by atoms with Gasteiger partial charge in [-0.2, -0.15) is 0 Å². The number of benzene rings is 2. The van der Waals surface area contributed by atoms with E-state index >= 15 is 0 Å². The molecule has 0 aliphatic heterocycles. The highest BCUT2D eigenvalue weighted by Crippen LogP contribution is 2.22. The molecule has 0 fully saturated rings. The number of hydrogen-bond acceptors (Lipinski definition) is 2. The van der Waals surface area contributed by atoms with Gasteiger partial charge in [0.05, 0.1) is 22.2 Å². The molecule has 1 heterocycles. The minimum atomic E-state index is -0.276. The number of carbonyl (C=O) groups is 1. The highest BCUT2D eigenvalue weighted by atomic mass is 35.5. The fourth-order valence-electron chi connectivity index (χ4n) is 2.65. The first-order valence-corrected chi connectivity index (χ1v) is 9.26. The Bertz CT molecular complexity index is 1030. The molecule has 2 aromatic carbocycles. The van der Waals surface area contributed by atoms with E-state index in [-0.39, 0.29) is 11.5 Å². The molecular formula is C21H18Cl2N2O2. The van der Waals surface area contributed by atoms with E-state index in [1.807, 2.05) is 24.3 Å². The van der Waals surface area contributed by atoms with E-state index < -0.39 is 0 Å². The summed E-state index contributed by atoms with van der Waals surface area (Å²) in [5.74, 6) is -0.276. The zero-order chi connectivity index (χ0) is 19.4. The Morgan fingerprint density at radius 3 is 2.33 bits per heavy atom. The number of rotatable bonds is 5. The molecule has 0 saturated carbocycles. The lowest BCUT2D eigenvalue weighted by molar-refractivity contribution is 0.102. The third kappa shape index (κ3) is 4.79. The number of aryl methyl sites for hydroxylation is 1. The number of carbonyl (C=O) groups excluding carboxylic acids is 1. The second-order valence-corrected chi connectivity index (χ2v) is 6.95. The van der Waals surface area contributed by atoms with Crippen LogP contribution >= 0.6 is 23.2 Å². The normalized spacial score (nSPS) is 10.6. The molecule has 27 heavy (non-hydrogen) atoms. The van der Waals surface area contributed by atoms with Crippen molar-refractivity contribution < 1.29 is 4.79 Å². The first kappa shape index (κ1) is 19.2. The lowest BCUT2D eigenvalue weighted by atomic mass is 10.1. The monoisotopic (exact) mass is 400 g/mol. The van der Waals surface area contributed by atoms with Gasteiger partial charge in [-0.25, -0.2) is 0 Å².